The van der Waals surface area contributed by atoms with Crippen molar-refractivity contribution in [3.63, 3.8) is 0 Å². The third-order valence-electron chi connectivity index (χ3n) is 2.65. The minimum absolute atomic E-state index is 0.0691. The van der Waals surface area contributed by atoms with Crippen LogP contribution >= 0.6 is 0 Å². The average Bonchev–Trinajstić information content (AvgIpc) is 2.48. The number of unbranched alkanes of at least 4 members (excludes halogenated alkanes) is 3. The summed E-state index contributed by atoms with van der Waals surface area (Å²) in [4.78, 5) is 13.2. The standard InChI is InChI=1S/C10H20N2O2/c1-9-8-11-10(14)12(9)6-4-2-3-5-7-13/h9,13H,2-8H2,1H3,(H,11,14). The maximum Gasteiger partial charge on any atom is 0.317 e. The second kappa shape index (κ2) is 5.86. The predicted molar refractivity (Wildman–Crippen MR) is 55.1 cm³/mol. The minimum atomic E-state index is 0.0691. The number of aliphatic hydroxyl groups excluding tert-OH is 1. The van der Waals surface area contributed by atoms with Crippen molar-refractivity contribution < 1.29 is 9.90 Å². The second-order valence-electron chi connectivity index (χ2n) is 3.87. The lowest BCUT2D eigenvalue weighted by atomic mass is 10.2. The zero-order valence-corrected chi connectivity index (χ0v) is 8.83. The molecule has 1 heterocycles. The van der Waals surface area contributed by atoms with E-state index in [0.717, 1.165) is 38.8 Å². The first kappa shape index (κ1) is 11.3. The Bertz CT molecular complexity index is 185. The molecule has 0 bridgehead atoms. The monoisotopic (exact) mass is 200 g/mol. The highest BCUT2D eigenvalue weighted by molar-refractivity contribution is 5.76. The Balaban J connectivity index is 2.08. The van der Waals surface area contributed by atoms with Crippen molar-refractivity contribution in [1.82, 2.24) is 10.2 Å². The van der Waals surface area contributed by atoms with Crippen LogP contribution in [0, 0.1) is 0 Å². The van der Waals surface area contributed by atoms with Crippen LogP contribution in [-0.2, 0) is 0 Å². The SMILES string of the molecule is CC1CNC(=O)N1CCCCCCO. The number of aliphatic hydroxyl groups is 1. The van der Waals surface area contributed by atoms with Crippen LogP contribution in [0.4, 0.5) is 4.79 Å². The van der Waals surface area contributed by atoms with Crippen LogP contribution in [0.3, 0.4) is 0 Å². The molecule has 82 valence electrons. The van der Waals surface area contributed by atoms with Gasteiger partial charge in [-0.05, 0) is 19.8 Å². The van der Waals surface area contributed by atoms with Gasteiger partial charge in [-0.1, -0.05) is 12.8 Å². The molecule has 0 saturated carbocycles. The summed E-state index contributed by atoms with van der Waals surface area (Å²) in [7, 11) is 0. The topological polar surface area (TPSA) is 52.6 Å². The molecule has 1 unspecified atom stereocenters. The van der Waals surface area contributed by atoms with E-state index in [1.54, 1.807) is 0 Å². The molecule has 1 aliphatic heterocycles. The van der Waals surface area contributed by atoms with Crippen LogP contribution in [0.2, 0.25) is 0 Å². The van der Waals surface area contributed by atoms with Crippen LogP contribution in [0.5, 0.6) is 0 Å². The number of nitrogens with one attached hydrogen (secondary N) is 1. The van der Waals surface area contributed by atoms with E-state index in [2.05, 4.69) is 12.2 Å². The summed E-state index contributed by atoms with van der Waals surface area (Å²) >= 11 is 0. The lowest BCUT2D eigenvalue weighted by Gasteiger charge is -2.19. The molecule has 2 amide bonds. The van der Waals surface area contributed by atoms with E-state index < -0.39 is 0 Å². The van der Waals surface area contributed by atoms with Crippen molar-refractivity contribution in [2.45, 2.75) is 38.6 Å². The van der Waals surface area contributed by atoms with E-state index in [0.29, 0.717) is 6.04 Å². The van der Waals surface area contributed by atoms with Crippen molar-refractivity contribution >= 4 is 6.03 Å². The number of hydrogen-bond donors (Lipinski definition) is 2. The van der Waals surface area contributed by atoms with Crippen LogP contribution < -0.4 is 5.32 Å². The van der Waals surface area contributed by atoms with Gasteiger partial charge in [-0.25, -0.2) is 4.79 Å². The van der Waals surface area contributed by atoms with Gasteiger partial charge in [0.05, 0.1) is 0 Å². The van der Waals surface area contributed by atoms with Crippen LogP contribution in [0.15, 0.2) is 0 Å². The number of urea groups is 1. The molecule has 1 atom stereocenters. The van der Waals surface area contributed by atoms with Gasteiger partial charge in [0.2, 0.25) is 0 Å². The summed E-state index contributed by atoms with van der Waals surface area (Å²) in [5.74, 6) is 0. The first-order valence-electron chi connectivity index (χ1n) is 5.41. The number of carbonyl (C=O) groups excluding carboxylic acids is 1. The number of hydrogen-bond acceptors (Lipinski definition) is 2. The molecule has 0 radical (unpaired) electrons. The van der Waals surface area contributed by atoms with Gasteiger partial charge in [-0.3, -0.25) is 0 Å². The molecule has 4 nitrogen and oxygen atoms in total. The van der Waals surface area contributed by atoms with E-state index in [-0.39, 0.29) is 12.6 Å². The zero-order valence-electron chi connectivity index (χ0n) is 8.83. The van der Waals surface area contributed by atoms with Gasteiger partial charge in [0.25, 0.3) is 0 Å². The highest BCUT2D eigenvalue weighted by atomic mass is 16.2. The maximum absolute atomic E-state index is 11.3. The molecule has 1 rings (SSSR count). The Morgan fingerprint density at radius 2 is 2.14 bits per heavy atom. The Kier molecular flexibility index (Phi) is 4.73. The van der Waals surface area contributed by atoms with Crippen molar-refractivity contribution in [2.75, 3.05) is 19.7 Å². The average molecular weight is 200 g/mol. The van der Waals surface area contributed by atoms with Gasteiger partial charge in [-0.2, -0.15) is 0 Å². The smallest absolute Gasteiger partial charge is 0.317 e. The number of carbonyl (C=O) groups is 1. The Morgan fingerprint density at radius 1 is 1.43 bits per heavy atom. The summed E-state index contributed by atoms with van der Waals surface area (Å²) in [5.41, 5.74) is 0. The normalized spacial score (nSPS) is 21.4. The predicted octanol–water partition coefficient (Wildman–Crippen LogP) is 0.953. The van der Waals surface area contributed by atoms with E-state index in [9.17, 15) is 4.79 Å². The molecule has 0 aromatic rings. The van der Waals surface area contributed by atoms with Crippen LogP contribution in [0.25, 0.3) is 0 Å². The fourth-order valence-electron chi connectivity index (χ4n) is 1.72. The molecule has 1 saturated heterocycles. The Hall–Kier alpha value is -0.770. The summed E-state index contributed by atoms with van der Waals surface area (Å²) < 4.78 is 0. The third-order valence-corrected chi connectivity index (χ3v) is 2.65. The largest absolute Gasteiger partial charge is 0.396 e. The van der Waals surface area contributed by atoms with E-state index in [1.165, 1.54) is 0 Å². The first-order valence-corrected chi connectivity index (χ1v) is 5.41. The molecular weight excluding hydrogens is 180 g/mol. The van der Waals surface area contributed by atoms with Crippen molar-refractivity contribution in [1.29, 1.82) is 0 Å². The highest BCUT2D eigenvalue weighted by Gasteiger charge is 2.25. The quantitative estimate of drug-likeness (QED) is 0.627. The summed E-state index contributed by atoms with van der Waals surface area (Å²) in [6.45, 7) is 3.96. The lowest BCUT2D eigenvalue weighted by molar-refractivity contribution is 0.205. The van der Waals surface area contributed by atoms with Crippen molar-refractivity contribution in [3.05, 3.63) is 0 Å². The number of rotatable bonds is 6. The third kappa shape index (κ3) is 3.18. The maximum atomic E-state index is 11.3. The molecule has 0 aromatic carbocycles. The van der Waals surface area contributed by atoms with Gasteiger partial charge in [0, 0.05) is 25.7 Å². The molecule has 1 aliphatic rings. The molecule has 2 N–H and O–H groups in total. The van der Waals surface area contributed by atoms with Gasteiger partial charge < -0.3 is 15.3 Å². The fourth-order valence-corrected chi connectivity index (χ4v) is 1.72. The minimum Gasteiger partial charge on any atom is -0.396 e. The molecule has 0 aliphatic carbocycles. The Morgan fingerprint density at radius 3 is 2.71 bits per heavy atom. The first-order chi connectivity index (χ1) is 6.75. The van der Waals surface area contributed by atoms with E-state index >= 15 is 0 Å². The summed E-state index contributed by atoms with van der Waals surface area (Å²) in [6.07, 6.45) is 4.07. The van der Waals surface area contributed by atoms with Gasteiger partial charge in [0.1, 0.15) is 0 Å². The second-order valence-corrected chi connectivity index (χ2v) is 3.87. The molecular formula is C10H20N2O2. The van der Waals surface area contributed by atoms with Crippen molar-refractivity contribution in [2.24, 2.45) is 0 Å². The van der Waals surface area contributed by atoms with Crippen molar-refractivity contribution in [3.8, 4) is 0 Å². The zero-order chi connectivity index (χ0) is 10.4. The van der Waals surface area contributed by atoms with Gasteiger partial charge >= 0.3 is 6.03 Å². The molecule has 4 heteroatoms. The highest BCUT2D eigenvalue weighted by Crippen LogP contribution is 2.09. The molecule has 1 fully saturated rings. The molecule has 14 heavy (non-hydrogen) atoms. The van der Waals surface area contributed by atoms with Crippen LogP contribution in [-0.4, -0.2) is 41.8 Å². The molecule has 0 spiro atoms. The molecule has 0 aromatic heterocycles. The van der Waals surface area contributed by atoms with Gasteiger partial charge in [0.15, 0.2) is 0 Å². The summed E-state index contributed by atoms with van der Waals surface area (Å²) in [6, 6.07) is 0.403. The summed E-state index contributed by atoms with van der Waals surface area (Å²) in [5, 5.41) is 11.4. The Labute approximate surface area is 85.3 Å². The lowest BCUT2D eigenvalue weighted by Crippen LogP contribution is -2.33. The van der Waals surface area contributed by atoms with Crippen LogP contribution in [0.1, 0.15) is 32.6 Å². The van der Waals surface area contributed by atoms with Gasteiger partial charge in [-0.15, -0.1) is 0 Å². The fraction of sp³-hybridized carbons (Fsp3) is 0.900. The van der Waals surface area contributed by atoms with E-state index in [4.69, 9.17) is 5.11 Å². The van der Waals surface area contributed by atoms with E-state index in [1.807, 2.05) is 4.90 Å². The number of nitrogens with zero attached hydrogens (tertiary/aromatic N) is 1. The number of amides is 2.